The van der Waals surface area contributed by atoms with Crippen molar-refractivity contribution in [2.75, 3.05) is 18.9 Å². The van der Waals surface area contributed by atoms with Crippen LogP contribution in [0, 0.1) is 13.8 Å². The predicted molar refractivity (Wildman–Crippen MR) is 98.0 cm³/mol. The van der Waals surface area contributed by atoms with Gasteiger partial charge in [-0.15, -0.1) is 0 Å². The number of carbonyl (C=O) groups excluding carboxylic acids is 2. The number of para-hydroxylation sites is 1. The number of hydrogen-bond donors (Lipinski definition) is 1. The number of aryl methyl sites for hydroxylation is 2. The van der Waals surface area contributed by atoms with Gasteiger partial charge < -0.3 is 10.2 Å². The van der Waals surface area contributed by atoms with Crippen molar-refractivity contribution < 1.29 is 9.59 Å². The highest BCUT2D eigenvalue weighted by Gasteiger charge is 2.17. The van der Waals surface area contributed by atoms with E-state index < -0.39 is 0 Å². The number of nitrogens with one attached hydrogen (secondary N) is 1. The van der Waals surface area contributed by atoms with E-state index in [1.54, 1.807) is 31.3 Å². The van der Waals surface area contributed by atoms with Gasteiger partial charge in [-0.05, 0) is 49.2 Å². The van der Waals surface area contributed by atoms with E-state index >= 15 is 0 Å². The zero-order chi connectivity index (χ0) is 17.9. The molecule has 126 valence electrons. The van der Waals surface area contributed by atoms with E-state index in [4.69, 9.17) is 23.2 Å². The number of nitrogens with zero attached hydrogens (tertiary/aromatic N) is 1. The highest BCUT2D eigenvalue weighted by molar-refractivity contribution is 6.39. The van der Waals surface area contributed by atoms with Crippen molar-refractivity contribution in [2.45, 2.75) is 13.8 Å². The first kappa shape index (κ1) is 18.3. The lowest BCUT2D eigenvalue weighted by molar-refractivity contribution is -0.116. The molecule has 24 heavy (non-hydrogen) atoms. The minimum atomic E-state index is -0.371. The Hall–Kier alpha value is -2.04. The number of likely N-dealkylation sites (N-methyl/N-ethyl adjacent to an activating group) is 1. The van der Waals surface area contributed by atoms with Gasteiger partial charge in [0.1, 0.15) is 0 Å². The maximum Gasteiger partial charge on any atom is 0.254 e. The van der Waals surface area contributed by atoms with Gasteiger partial charge in [0.25, 0.3) is 5.91 Å². The second-order valence-corrected chi connectivity index (χ2v) is 6.42. The van der Waals surface area contributed by atoms with Gasteiger partial charge in [0, 0.05) is 12.6 Å². The predicted octanol–water partition coefficient (Wildman–Crippen LogP) is 4.32. The van der Waals surface area contributed by atoms with E-state index in [2.05, 4.69) is 5.32 Å². The lowest BCUT2D eigenvalue weighted by Gasteiger charge is -2.18. The lowest BCUT2D eigenvalue weighted by Crippen LogP contribution is -2.35. The van der Waals surface area contributed by atoms with Crippen LogP contribution in [0.4, 0.5) is 5.69 Å². The molecule has 0 radical (unpaired) electrons. The van der Waals surface area contributed by atoms with E-state index in [0.29, 0.717) is 21.3 Å². The Labute approximate surface area is 151 Å². The Morgan fingerprint density at radius 3 is 2.25 bits per heavy atom. The first-order chi connectivity index (χ1) is 11.3. The molecule has 0 saturated carbocycles. The standard InChI is InChI=1S/C18H18Cl2N2O2/c1-11-7-8-13(9-12(11)2)18(24)22(3)10-16(23)21-17-14(19)5-4-6-15(17)20/h4-9H,10H2,1-3H3,(H,21,23). The molecule has 0 aliphatic heterocycles. The van der Waals surface area contributed by atoms with Crippen LogP contribution in [0.2, 0.25) is 10.0 Å². The van der Waals surface area contributed by atoms with Crippen molar-refractivity contribution in [2.24, 2.45) is 0 Å². The van der Waals surface area contributed by atoms with Crippen molar-refractivity contribution in [3.05, 3.63) is 63.1 Å². The molecule has 2 aromatic carbocycles. The van der Waals surface area contributed by atoms with Crippen molar-refractivity contribution in [1.29, 1.82) is 0 Å². The molecule has 6 heteroatoms. The number of anilines is 1. The van der Waals surface area contributed by atoms with E-state index in [9.17, 15) is 9.59 Å². The Bertz CT molecular complexity index is 770. The molecule has 0 heterocycles. The average Bonchev–Trinajstić information content (AvgIpc) is 2.53. The molecule has 0 aliphatic carbocycles. The SMILES string of the molecule is Cc1ccc(C(=O)N(C)CC(=O)Nc2c(Cl)cccc2Cl)cc1C. The van der Waals surface area contributed by atoms with E-state index in [-0.39, 0.29) is 18.4 Å². The van der Waals surface area contributed by atoms with Crippen molar-refractivity contribution in [1.82, 2.24) is 4.90 Å². The third-order valence-electron chi connectivity index (χ3n) is 3.71. The highest BCUT2D eigenvalue weighted by Crippen LogP contribution is 2.29. The topological polar surface area (TPSA) is 49.4 Å². The summed E-state index contributed by atoms with van der Waals surface area (Å²) in [7, 11) is 1.57. The Morgan fingerprint density at radius 2 is 1.67 bits per heavy atom. The van der Waals surface area contributed by atoms with Gasteiger partial charge in [0.05, 0.1) is 22.3 Å². The zero-order valence-corrected chi connectivity index (χ0v) is 15.2. The quantitative estimate of drug-likeness (QED) is 0.877. The van der Waals surface area contributed by atoms with Gasteiger partial charge in [-0.3, -0.25) is 9.59 Å². The van der Waals surface area contributed by atoms with Gasteiger partial charge in [0.15, 0.2) is 0 Å². The Balaban J connectivity index is 2.05. The highest BCUT2D eigenvalue weighted by atomic mass is 35.5. The van der Waals surface area contributed by atoms with Crippen LogP contribution in [0.5, 0.6) is 0 Å². The van der Waals surface area contributed by atoms with Crippen LogP contribution >= 0.6 is 23.2 Å². The summed E-state index contributed by atoms with van der Waals surface area (Å²) in [6, 6.07) is 10.4. The number of hydrogen-bond acceptors (Lipinski definition) is 2. The molecule has 0 aliphatic rings. The Kier molecular flexibility index (Phi) is 5.86. The number of rotatable bonds is 4. The summed E-state index contributed by atoms with van der Waals surface area (Å²) in [6.07, 6.45) is 0. The fraction of sp³-hybridized carbons (Fsp3) is 0.222. The first-order valence-corrected chi connectivity index (χ1v) is 8.11. The van der Waals surface area contributed by atoms with Crippen LogP contribution in [-0.4, -0.2) is 30.3 Å². The molecule has 0 aromatic heterocycles. The molecule has 4 nitrogen and oxygen atoms in total. The molecule has 2 rings (SSSR count). The maximum absolute atomic E-state index is 12.4. The second kappa shape index (κ2) is 7.69. The first-order valence-electron chi connectivity index (χ1n) is 7.36. The molecule has 1 N–H and O–H groups in total. The number of carbonyl (C=O) groups is 2. The average molecular weight is 365 g/mol. The number of amides is 2. The number of halogens is 2. The molecule has 0 fully saturated rings. The molecule has 0 atom stereocenters. The summed E-state index contributed by atoms with van der Waals surface area (Å²) in [6.45, 7) is 3.82. The van der Waals surface area contributed by atoms with Crippen LogP contribution in [0.15, 0.2) is 36.4 Å². The van der Waals surface area contributed by atoms with Crippen LogP contribution in [0.3, 0.4) is 0 Å². The molecule has 2 amide bonds. The van der Waals surface area contributed by atoms with Gasteiger partial charge in [-0.25, -0.2) is 0 Å². The summed E-state index contributed by atoms with van der Waals surface area (Å²) in [4.78, 5) is 25.9. The summed E-state index contributed by atoms with van der Waals surface area (Å²) in [5.41, 5.74) is 3.03. The summed E-state index contributed by atoms with van der Waals surface area (Å²) in [5.74, 6) is -0.594. The smallest absolute Gasteiger partial charge is 0.254 e. The molecular weight excluding hydrogens is 347 g/mol. The van der Waals surface area contributed by atoms with Crippen LogP contribution in [-0.2, 0) is 4.79 Å². The fourth-order valence-corrected chi connectivity index (χ4v) is 2.67. The van der Waals surface area contributed by atoms with Crippen LogP contribution in [0.25, 0.3) is 0 Å². The molecule has 0 bridgehead atoms. The van der Waals surface area contributed by atoms with Gasteiger partial charge in [0.2, 0.25) is 5.91 Å². The minimum Gasteiger partial charge on any atom is -0.332 e. The van der Waals surface area contributed by atoms with Crippen molar-refractivity contribution in [3.63, 3.8) is 0 Å². The van der Waals surface area contributed by atoms with Crippen molar-refractivity contribution >= 4 is 40.7 Å². The largest absolute Gasteiger partial charge is 0.332 e. The number of benzene rings is 2. The molecule has 0 spiro atoms. The fourth-order valence-electron chi connectivity index (χ4n) is 2.18. The zero-order valence-electron chi connectivity index (χ0n) is 13.7. The van der Waals surface area contributed by atoms with Crippen LogP contribution in [0.1, 0.15) is 21.5 Å². The molecule has 0 unspecified atom stereocenters. The molecule has 2 aromatic rings. The van der Waals surface area contributed by atoms with Crippen LogP contribution < -0.4 is 5.32 Å². The molecular formula is C18H18Cl2N2O2. The third-order valence-corrected chi connectivity index (χ3v) is 4.34. The second-order valence-electron chi connectivity index (χ2n) is 5.61. The van der Waals surface area contributed by atoms with Gasteiger partial charge in [-0.2, -0.15) is 0 Å². The minimum absolute atomic E-state index is 0.104. The van der Waals surface area contributed by atoms with E-state index in [1.807, 2.05) is 26.0 Å². The van der Waals surface area contributed by atoms with E-state index in [1.165, 1.54) is 4.90 Å². The summed E-state index contributed by atoms with van der Waals surface area (Å²) in [5, 5.41) is 3.33. The third kappa shape index (κ3) is 4.28. The normalized spacial score (nSPS) is 10.4. The van der Waals surface area contributed by atoms with E-state index in [0.717, 1.165) is 11.1 Å². The Morgan fingerprint density at radius 1 is 1.04 bits per heavy atom. The monoisotopic (exact) mass is 364 g/mol. The summed E-state index contributed by atoms with van der Waals surface area (Å²) < 4.78 is 0. The van der Waals surface area contributed by atoms with Gasteiger partial charge in [-0.1, -0.05) is 35.3 Å². The van der Waals surface area contributed by atoms with Crippen molar-refractivity contribution in [3.8, 4) is 0 Å². The lowest BCUT2D eigenvalue weighted by atomic mass is 10.1. The summed E-state index contributed by atoms with van der Waals surface area (Å²) >= 11 is 12.0. The molecule has 0 saturated heterocycles. The maximum atomic E-state index is 12.4. The van der Waals surface area contributed by atoms with Gasteiger partial charge >= 0.3 is 0 Å².